The van der Waals surface area contributed by atoms with Crippen molar-refractivity contribution < 1.29 is 0 Å². The average Bonchev–Trinajstić information content (AvgIpc) is 2.72. The summed E-state index contributed by atoms with van der Waals surface area (Å²) in [5.41, 5.74) is 9.35. The van der Waals surface area contributed by atoms with Gasteiger partial charge in [-0.25, -0.2) is 9.97 Å². The molecule has 2 aromatic rings. The van der Waals surface area contributed by atoms with Gasteiger partial charge < -0.3 is 5.73 Å². The van der Waals surface area contributed by atoms with Gasteiger partial charge in [0.15, 0.2) is 5.82 Å². The highest BCUT2D eigenvalue weighted by molar-refractivity contribution is 5.66. The Morgan fingerprint density at radius 2 is 1.94 bits per heavy atom. The van der Waals surface area contributed by atoms with E-state index in [-0.39, 0.29) is 0 Å². The minimum Gasteiger partial charge on any atom is -0.382 e. The van der Waals surface area contributed by atoms with Gasteiger partial charge in [-0.2, -0.15) is 5.10 Å². The maximum absolute atomic E-state index is 5.93. The molecule has 0 unspecified atom stereocenters. The van der Waals surface area contributed by atoms with E-state index in [1.54, 1.807) is 6.20 Å². The molecule has 0 radical (unpaired) electrons. The Morgan fingerprint density at radius 1 is 1.24 bits per heavy atom. The molecule has 0 bridgehead atoms. The third kappa shape index (κ3) is 2.13. The monoisotopic (exact) mass is 231 g/mol. The highest BCUT2D eigenvalue weighted by atomic mass is 15.3. The van der Waals surface area contributed by atoms with Crippen LogP contribution in [0.3, 0.4) is 0 Å². The van der Waals surface area contributed by atoms with E-state index in [9.17, 15) is 0 Å². The van der Waals surface area contributed by atoms with Gasteiger partial charge >= 0.3 is 0 Å². The molecule has 0 saturated heterocycles. The van der Waals surface area contributed by atoms with Crippen LogP contribution in [0, 0.1) is 13.8 Å². The summed E-state index contributed by atoms with van der Waals surface area (Å²) in [4.78, 5) is 8.81. The van der Waals surface area contributed by atoms with Gasteiger partial charge in [0, 0.05) is 12.7 Å². The topological polar surface area (TPSA) is 69.6 Å². The largest absolute Gasteiger partial charge is 0.382 e. The number of rotatable bonds is 3. The van der Waals surface area contributed by atoms with Crippen LogP contribution in [0.1, 0.15) is 24.7 Å². The molecule has 2 N–H and O–H groups in total. The number of aryl methyl sites for hydroxylation is 3. The molecule has 5 nitrogen and oxygen atoms in total. The molecule has 5 heteroatoms. The molecule has 0 aliphatic rings. The zero-order chi connectivity index (χ0) is 12.4. The van der Waals surface area contributed by atoms with Crippen molar-refractivity contribution in [1.82, 2.24) is 19.7 Å². The summed E-state index contributed by atoms with van der Waals surface area (Å²) in [6.07, 6.45) is 2.79. The molecule has 0 aliphatic heterocycles. The van der Waals surface area contributed by atoms with Crippen molar-refractivity contribution in [2.75, 3.05) is 5.73 Å². The van der Waals surface area contributed by atoms with Crippen LogP contribution in [-0.2, 0) is 6.54 Å². The van der Waals surface area contributed by atoms with E-state index in [0.717, 1.165) is 35.7 Å². The van der Waals surface area contributed by atoms with Gasteiger partial charge in [-0.3, -0.25) is 4.68 Å². The first kappa shape index (κ1) is 11.6. The van der Waals surface area contributed by atoms with E-state index in [1.807, 2.05) is 24.6 Å². The summed E-state index contributed by atoms with van der Waals surface area (Å²) in [5, 5.41) is 4.27. The molecule has 0 atom stereocenters. The van der Waals surface area contributed by atoms with E-state index in [0.29, 0.717) is 5.82 Å². The molecular formula is C12H17N5. The van der Waals surface area contributed by atoms with Crippen LogP contribution >= 0.6 is 0 Å². The lowest BCUT2D eigenvalue weighted by Crippen LogP contribution is -2.07. The average molecular weight is 231 g/mol. The van der Waals surface area contributed by atoms with Crippen molar-refractivity contribution in [2.24, 2.45) is 0 Å². The molecular weight excluding hydrogens is 214 g/mol. The standard InChI is InChI=1S/C12H17N5/c1-4-7-17-10(5-6-14-17)11-12(13)16-9(3)8(2)15-11/h5-6H,4,7H2,1-3H3,(H2,13,16). The first-order valence-corrected chi connectivity index (χ1v) is 5.76. The zero-order valence-electron chi connectivity index (χ0n) is 10.4. The summed E-state index contributed by atoms with van der Waals surface area (Å²) in [7, 11) is 0. The molecule has 0 aromatic carbocycles. The Balaban J connectivity index is 2.52. The lowest BCUT2D eigenvalue weighted by molar-refractivity contribution is 0.608. The maximum Gasteiger partial charge on any atom is 0.151 e. The SMILES string of the molecule is CCCn1nccc1-c1nc(C)c(C)nc1N. The predicted molar refractivity (Wildman–Crippen MR) is 67.4 cm³/mol. The van der Waals surface area contributed by atoms with Crippen molar-refractivity contribution in [3.8, 4) is 11.4 Å². The van der Waals surface area contributed by atoms with Crippen molar-refractivity contribution in [2.45, 2.75) is 33.7 Å². The summed E-state index contributed by atoms with van der Waals surface area (Å²) in [5.74, 6) is 0.464. The first-order chi connectivity index (χ1) is 8.13. The summed E-state index contributed by atoms with van der Waals surface area (Å²) < 4.78 is 1.91. The molecule has 2 aromatic heterocycles. The highest BCUT2D eigenvalue weighted by Crippen LogP contribution is 2.23. The van der Waals surface area contributed by atoms with Gasteiger partial charge in [0.2, 0.25) is 0 Å². The van der Waals surface area contributed by atoms with Crippen LogP contribution in [-0.4, -0.2) is 19.7 Å². The Bertz CT molecular complexity index is 530. The molecule has 0 fully saturated rings. The number of nitrogens with two attached hydrogens (primary N) is 1. The van der Waals surface area contributed by atoms with Crippen LogP contribution in [0.2, 0.25) is 0 Å². The van der Waals surface area contributed by atoms with Crippen LogP contribution in [0.15, 0.2) is 12.3 Å². The zero-order valence-corrected chi connectivity index (χ0v) is 10.4. The molecule has 2 heterocycles. The molecule has 0 spiro atoms. The summed E-state index contributed by atoms with van der Waals surface area (Å²) in [6, 6.07) is 1.92. The maximum atomic E-state index is 5.93. The smallest absolute Gasteiger partial charge is 0.151 e. The minimum absolute atomic E-state index is 0.464. The fourth-order valence-electron chi connectivity index (χ4n) is 1.73. The van der Waals surface area contributed by atoms with Gasteiger partial charge in [0.05, 0.1) is 17.1 Å². The van der Waals surface area contributed by atoms with Crippen molar-refractivity contribution in [1.29, 1.82) is 0 Å². The molecule has 0 amide bonds. The van der Waals surface area contributed by atoms with E-state index in [2.05, 4.69) is 22.0 Å². The quantitative estimate of drug-likeness (QED) is 0.876. The normalized spacial score (nSPS) is 10.8. The second-order valence-electron chi connectivity index (χ2n) is 4.07. The van der Waals surface area contributed by atoms with Crippen molar-refractivity contribution in [3.05, 3.63) is 23.7 Å². The summed E-state index contributed by atoms with van der Waals surface area (Å²) in [6.45, 7) is 6.81. The second kappa shape index (κ2) is 4.53. The predicted octanol–water partition coefficient (Wildman–Crippen LogP) is 1.95. The second-order valence-corrected chi connectivity index (χ2v) is 4.07. The highest BCUT2D eigenvalue weighted by Gasteiger charge is 2.12. The molecule has 0 saturated carbocycles. The van der Waals surface area contributed by atoms with Gasteiger partial charge in [0.25, 0.3) is 0 Å². The molecule has 0 aliphatic carbocycles. The number of hydrogen-bond acceptors (Lipinski definition) is 4. The van der Waals surface area contributed by atoms with Crippen molar-refractivity contribution in [3.63, 3.8) is 0 Å². The van der Waals surface area contributed by atoms with Gasteiger partial charge in [-0.1, -0.05) is 6.92 Å². The van der Waals surface area contributed by atoms with E-state index < -0.39 is 0 Å². The Morgan fingerprint density at radius 3 is 2.65 bits per heavy atom. The Kier molecular flexibility index (Phi) is 3.08. The third-order valence-corrected chi connectivity index (χ3v) is 2.73. The van der Waals surface area contributed by atoms with Crippen LogP contribution in [0.4, 0.5) is 5.82 Å². The third-order valence-electron chi connectivity index (χ3n) is 2.73. The molecule has 90 valence electrons. The van der Waals surface area contributed by atoms with Crippen molar-refractivity contribution >= 4 is 5.82 Å². The Labute approximate surface area is 101 Å². The van der Waals surface area contributed by atoms with E-state index in [1.165, 1.54) is 0 Å². The fourth-order valence-corrected chi connectivity index (χ4v) is 1.73. The molecule has 2 rings (SSSR count). The molecule has 17 heavy (non-hydrogen) atoms. The number of nitrogens with zero attached hydrogens (tertiary/aromatic N) is 4. The van der Waals surface area contributed by atoms with Gasteiger partial charge in [-0.05, 0) is 26.3 Å². The van der Waals surface area contributed by atoms with Gasteiger partial charge in [-0.15, -0.1) is 0 Å². The number of anilines is 1. The fraction of sp³-hybridized carbons (Fsp3) is 0.417. The lowest BCUT2D eigenvalue weighted by Gasteiger charge is -2.09. The van der Waals surface area contributed by atoms with Crippen LogP contribution < -0.4 is 5.73 Å². The number of hydrogen-bond donors (Lipinski definition) is 1. The lowest BCUT2D eigenvalue weighted by atomic mass is 10.2. The van der Waals surface area contributed by atoms with E-state index >= 15 is 0 Å². The van der Waals surface area contributed by atoms with Gasteiger partial charge in [0.1, 0.15) is 5.69 Å². The summed E-state index contributed by atoms with van der Waals surface area (Å²) >= 11 is 0. The number of aromatic nitrogens is 4. The van der Waals surface area contributed by atoms with Crippen LogP contribution in [0.25, 0.3) is 11.4 Å². The number of nitrogen functional groups attached to an aromatic ring is 1. The Hall–Kier alpha value is -1.91. The first-order valence-electron chi connectivity index (χ1n) is 5.76. The van der Waals surface area contributed by atoms with Crippen LogP contribution in [0.5, 0.6) is 0 Å². The minimum atomic E-state index is 0.464. The van der Waals surface area contributed by atoms with E-state index in [4.69, 9.17) is 5.73 Å².